The normalized spacial score (nSPS) is 19.4. The molecule has 3 aromatic carbocycles. The predicted molar refractivity (Wildman–Crippen MR) is 193 cm³/mol. The molecule has 2 aliphatic heterocycles. The molecule has 2 saturated heterocycles. The number of benzene rings is 3. The maximum absolute atomic E-state index is 13.0. The minimum atomic E-state index is -1.16. The Morgan fingerprint density at radius 2 is 1.54 bits per heavy atom. The Kier molecular flexibility index (Phi) is 10.1. The molecule has 0 radical (unpaired) electrons. The van der Waals surface area contributed by atoms with Crippen LogP contribution < -0.4 is 20.2 Å². The summed E-state index contributed by atoms with van der Waals surface area (Å²) in [6.07, 6.45) is 6.11. The van der Waals surface area contributed by atoms with Crippen molar-refractivity contribution in [2.75, 3.05) is 49.2 Å². The number of nitrogens with zero attached hydrogens (tertiary/aromatic N) is 8. The lowest BCUT2D eigenvalue weighted by Crippen LogP contribution is -2.46. The van der Waals surface area contributed by atoms with E-state index in [4.69, 9.17) is 37.4 Å². The minimum absolute atomic E-state index is 0.0988. The van der Waals surface area contributed by atoms with Crippen LogP contribution in [0.2, 0.25) is 10.0 Å². The van der Waals surface area contributed by atoms with Crippen LogP contribution in [-0.4, -0.2) is 74.6 Å². The van der Waals surface area contributed by atoms with Gasteiger partial charge >= 0.3 is 5.69 Å². The second-order valence-electron chi connectivity index (χ2n) is 12.5. The second kappa shape index (κ2) is 14.9. The van der Waals surface area contributed by atoms with Gasteiger partial charge < -0.3 is 24.0 Å². The molecule has 0 N–H and O–H groups in total. The molecule has 7 rings (SSSR count). The van der Waals surface area contributed by atoms with E-state index in [0.717, 1.165) is 61.8 Å². The smallest absolute Gasteiger partial charge is 0.350 e. The largest absolute Gasteiger partial charge is 0.491 e. The minimum Gasteiger partial charge on any atom is -0.491 e. The maximum atomic E-state index is 13.0. The van der Waals surface area contributed by atoms with E-state index < -0.39 is 5.79 Å². The van der Waals surface area contributed by atoms with Crippen LogP contribution in [0.4, 0.5) is 11.4 Å². The molecule has 0 bridgehead atoms. The van der Waals surface area contributed by atoms with Crippen LogP contribution in [0.15, 0.2) is 90.5 Å². The lowest BCUT2D eigenvalue weighted by atomic mass is 10.1. The van der Waals surface area contributed by atoms with Crippen LogP contribution in [0.3, 0.4) is 0 Å². The van der Waals surface area contributed by atoms with E-state index in [0.29, 0.717) is 28.8 Å². The van der Waals surface area contributed by atoms with Crippen molar-refractivity contribution in [1.29, 1.82) is 0 Å². The van der Waals surface area contributed by atoms with Crippen molar-refractivity contribution in [3.8, 4) is 11.4 Å². The molecule has 2 aromatic heterocycles. The average molecular weight is 720 g/mol. The molecule has 0 saturated carbocycles. The van der Waals surface area contributed by atoms with Gasteiger partial charge in [-0.15, -0.1) is 0 Å². The van der Waals surface area contributed by atoms with E-state index in [1.807, 2.05) is 30.3 Å². The summed E-state index contributed by atoms with van der Waals surface area (Å²) in [5, 5.41) is 9.58. The van der Waals surface area contributed by atoms with Gasteiger partial charge in [-0.25, -0.2) is 23.7 Å². The van der Waals surface area contributed by atoms with E-state index >= 15 is 0 Å². The highest BCUT2D eigenvalue weighted by atomic mass is 35.5. The van der Waals surface area contributed by atoms with Gasteiger partial charge in [0.25, 0.3) is 0 Å². The summed E-state index contributed by atoms with van der Waals surface area (Å²) in [6, 6.07) is 21.7. The fourth-order valence-electron chi connectivity index (χ4n) is 6.65. The first-order valence-corrected chi connectivity index (χ1v) is 17.7. The van der Waals surface area contributed by atoms with Crippen molar-refractivity contribution in [3.63, 3.8) is 0 Å². The Labute approximate surface area is 300 Å². The van der Waals surface area contributed by atoms with Crippen molar-refractivity contribution in [2.45, 2.75) is 51.2 Å². The maximum Gasteiger partial charge on any atom is 0.350 e. The molecule has 4 heterocycles. The van der Waals surface area contributed by atoms with Crippen molar-refractivity contribution >= 4 is 34.6 Å². The Balaban J connectivity index is 0.924. The van der Waals surface area contributed by atoms with E-state index in [1.54, 1.807) is 38.7 Å². The molecule has 0 amide bonds. The van der Waals surface area contributed by atoms with Gasteiger partial charge in [0.05, 0.1) is 23.4 Å². The van der Waals surface area contributed by atoms with Gasteiger partial charge in [0, 0.05) is 48.1 Å². The van der Waals surface area contributed by atoms with E-state index in [9.17, 15) is 4.79 Å². The zero-order chi connectivity index (χ0) is 34.7. The fraction of sp³-hybridized carbons (Fsp3) is 0.389. The van der Waals surface area contributed by atoms with Crippen LogP contribution in [0.25, 0.3) is 5.69 Å². The molecule has 2 atom stereocenters. The van der Waals surface area contributed by atoms with Crippen molar-refractivity contribution < 1.29 is 14.2 Å². The summed E-state index contributed by atoms with van der Waals surface area (Å²) < 4.78 is 23.7. The molecule has 2 fully saturated rings. The first-order chi connectivity index (χ1) is 24.4. The summed E-state index contributed by atoms with van der Waals surface area (Å²) >= 11 is 12.7. The fourth-order valence-corrected chi connectivity index (χ4v) is 7.20. The molecule has 14 heteroatoms. The van der Waals surface area contributed by atoms with Gasteiger partial charge in [0.2, 0.25) is 5.79 Å². The van der Waals surface area contributed by atoms with E-state index in [2.05, 4.69) is 63.1 Å². The molecular formula is C36H40Cl2N8O4. The SMILES string of the molecule is CCC(CC)n1ncn(-c2ccc(N3CCN(c4ccc(OC[C@H]5CO[C@](Cn6cncn6)(c6ccc(Cl)cc6Cl)O5)cc4)CC3)cc2)c1=O. The Hall–Kier alpha value is -4.36. The molecule has 12 nitrogen and oxygen atoms in total. The van der Waals surface area contributed by atoms with Gasteiger partial charge in [-0.2, -0.15) is 10.2 Å². The number of halogens is 2. The summed E-state index contributed by atoms with van der Waals surface area (Å²) in [7, 11) is 0. The quantitative estimate of drug-likeness (QED) is 0.154. The lowest BCUT2D eigenvalue weighted by Gasteiger charge is -2.37. The number of ether oxygens (including phenoxy) is 3. The number of aromatic nitrogens is 6. The highest BCUT2D eigenvalue weighted by Gasteiger charge is 2.45. The van der Waals surface area contributed by atoms with Crippen LogP contribution in [0.1, 0.15) is 38.3 Å². The summed E-state index contributed by atoms with van der Waals surface area (Å²) in [6.45, 7) is 8.59. The van der Waals surface area contributed by atoms with Crippen LogP contribution in [0.5, 0.6) is 5.75 Å². The second-order valence-corrected chi connectivity index (χ2v) is 13.4. The average Bonchev–Trinajstić information content (AvgIpc) is 3.90. The summed E-state index contributed by atoms with van der Waals surface area (Å²) in [5.74, 6) is -0.410. The van der Waals surface area contributed by atoms with Gasteiger partial charge in [0.15, 0.2) is 0 Å². The van der Waals surface area contributed by atoms with Crippen LogP contribution >= 0.6 is 23.2 Å². The predicted octanol–water partition coefficient (Wildman–Crippen LogP) is 5.97. The first-order valence-electron chi connectivity index (χ1n) is 16.9. The molecule has 262 valence electrons. The first kappa shape index (κ1) is 34.1. The van der Waals surface area contributed by atoms with Crippen molar-refractivity contribution in [2.24, 2.45) is 0 Å². The third kappa shape index (κ3) is 7.11. The van der Waals surface area contributed by atoms with E-state index in [1.165, 1.54) is 6.33 Å². The van der Waals surface area contributed by atoms with Gasteiger partial charge in [-0.3, -0.25) is 0 Å². The third-order valence-corrected chi connectivity index (χ3v) is 9.98. The van der Waals surface area contributed by atoms with E-state index in [-0.39, 0.29) is 24.4 Å². The van der Waals surface area contributed by atoms with Gasteiger partial charge in [0.1, 0.15) is 44.0 Å². The van der Waals surface area contributed by atoms with Crippen molar-refractivity contribution in [1.82, 2.24) is 29.1 Å². The monoisotopic (exact) mass is 718 g/mol. The zero-order valence-electron chi connectivity index (χ0n) is 28.1. The molecular weight excluding hydrogens is 679 g/mol. The highest BCUT2D eigenvalue weighted by Crippen LogP contribution is 2.40. The number of hydrogen-bond acceptors (Lipinski definition) is 9. The van der Waals surface area contributed by atoms with Gasteiger partial charge in [-0.05, 0) is 73.5 Å². The number of hydrogen-bond donors (Lipinski definition) is 0. The Morgan fingerprint density at radius 3 is 2.16 bits per heavy atom. The molecule has 5 aromatic rings. The Morgan fingerprint density at radius 1 is 0.880 bits per heavy atom. The number of anilines is 2. The van der Waals surface area contributed by atoms with Crippen molar-refractivity contribution in [3.05, 3.63) is 112 Å². The standard InChI is InChI=1S/C36H40Cl2N8O4/c1-3-27(4-2)46-35(47)45(25-41-46)30-8-6-28(7-9-30)42-15-17-43(18-16-42)29-10-12-31(13-11-29)48-20-32-21-49-36(50-32,22-44-24-39-23-40-44)33-14-5-26(37)19-34(33)38/h5-14,19,23-25,27,32H,3-4,15-18,20-22H2,1-2H3/t32-,36-/m0/s1. The Bertz CT molecular complexity index is 1920. The van der Waals surface area contributed by atoms with Crippen LogP contribution in [0, 0.1) is 0 Å². The summed E-state index contributed by atoms with van der Waals surface area (Å²) in [4.78, 5) is 21.8. The summed E-state index contributed by atoms with van der Waals surface area (Å²) in [5.41, 5.74) is 3.67. The number of piperazine rings is 1. The zero-order valence-corrected chi connectivity index (χ0v) is 29.6. The lowest BCUT2D eigenvalue weighted by molar-refractivity contribution is -0.190. The molecule has 0 spiro atoms. The molecule has 0 aliphatic carbocycles. The topological polar surface area (TPSA) is 105 Å². The van der Waals surface area contributed by atoms with Crippen LogP contribution in [-0.2, 0) is 21.8 Å². The third-order valence-electron chi connectivity index (χ3n) is 9.43. The molecule has 50 heavy (non-hydrogen) atoms. The van der Waals surface area contributed by atoms with Gasteiger partial charge in [-0.1, -0.05) is 43.1 Å². The molecule has 0 unspecified atom stereocenters. The highest BCUT2D eigenvalue weighted by molar-refractivity contribution is 6.35. The number of rotatable bonds is 12. The molecule has 2 aliphatic rings.